The van der Waals surface area contributed by atoms with Crippen LogP contribution in [0.2, 0.25) is 0 Å². The van der Waals surface area contributed by atoms with Crippen LogP contribution in [0.5, 0.6) is 0 Å². The molecule has 1 aliphatic rings. The van der Waals surface area contributed by atoms with Crippen molar-refractivity contribution in [3.8, 4) is 0 Å². The first-order valence-electron chi connectivity index (χ1n) is 9.80. The Morgan fingerprint density at radius 1 is 1.17 bits per heavy atom. The molecule has 29 heavy (non-hydrogen) atoms. The van der Waals surface area contributed by atoms with E-state index in [0.717, 1.165) is 29.6 Å². The summed E-state index contributed by atoms with van der Waals surface area (Å²) in [6, 6.07) is 9.80. The van der Waals surface area contributed by atoms with E-state index in [1.54, 1.807) is 7.05 Å². The average Bonchev–Trinajstić information content (AvgIpc) is 2.94. The Balaban J connectivity index is 1.94. The molecule has 1 fully saturated rings. The van der Waals surface area contributed by atoms with Crippen molar-refractivity contribution in [3.05, 3.63) is 56.7 Å². The summed E-state index contributed by atoms with van der Waals surface area (Å²) in [6.07, 6.45) is 0.891. The molecular formula is C20H26N6O3. The monoisotopic (exact) mass is 398 g/mol. The molecule has 4 rings (SSSR count). The summed E-state index contributed by atoms with van der Waals surface area (Å²) < 4.78 is 4.43. The van der Waals surface area contributed by atoms with E-state index < -0.39 is 5.69 Å². The number of aryl methyl sites for hydroxylation is 1. The fourth-order valence-corrected chi connectivity index (χ4v) is 3.89. The number of imidazole rings is 1. The molecule has 1 aliphatic heterocycles. The van der Waals surface area contributed by atoms with Gasteiger partial charge in [0.15, 0.2) is 11.2 Å². The lowest BCUT2D eigenvalue weighted by Gasteiger charge is -2.25. The van der Waals surface area contributed by atoms with Gasteiger partial charge in [-0.05, 0) is 18.5 Å². The van der Waals surface area contributed by atoms with Crippen LogP contribution in [0.25, 0.3) is 11.2 Å². The first-order valence-corrected chi connectivity index (χ1v) is 9.80. The summed E-state index contributed by atoms with van der Waals surface area (Å²) >= 11 is 0. The van der Waals surface area contributed by atoms with Gasteiger partial charge in [-0.25, -0.2) is 4.79 Å². The summed E-state index contributed by atoms with van der Waals surface area (Å²) in [5, 5.41) is 13.0. The molecule has 0 amide bonds. The van der Waals surface area contributed by atoms with E-state index in [1.807, 2.05) is 34.9 Å². The first kappa shape index (κ1) is 19.4. The number of nitrogens with one attached hydrogen (secondary N) is 1. The van der Waals surface area contributed by atoms with Gasteiger partial charge in [-0.3, -0.25) is 18.5 Å². The highest BCUT2D eigenvalue weighted by atomic mass is 16.3. The highest BCUT2D eigenvalue weighted by molar-refractivity contribution is 5.74. The molecule has 0 radical (unpaired) electrons. The molecule has 2 N–H and O–H groups in total. The minimum atomic E-state index is -0.399. The van der Waals surface area contributed by atoms with E-state index in [2.05, 4.69) is 10.2 Å². The van der Waals surface area contributed by atoms with Crippen molar-refractivity contribution in [2.75, 3.05) is 31.1 Å². The second-order valence-corrected chi connectivity index (χ2v) is 7.49. The predicted molar refractivity (Wildman–Crippen MR) is 111 cm³/mol. The highest BCUT2D eigenvalue weighted by Gasteiger charge is 2.25. The van der Waals surface area contributed by atoms with Crippen molar-refractivity contribution in [2.24, 2.45) is 14.1 Å². The summed E-state index contributed by atoms with van der Waals surface area (Å²) in [4.78, 5) is 32.3. The Bertz CT molecular complexity index is 1130. The molecule has 1 atom stereocenters. The molecule has 1 unspecified atom stereocenters. The molecule has 1 aromatic carbocycles. The number of aliphatic hydroxyl groups is 1. The van der Waals surface area contributed by atoms with Crippen molar-refractivity contribution in [3.63, 3.8) is 0 Å². The molecule has 0 aliphatic carbocycles. The lowest BCUT2D eigenvalue weighted by molar-refractivity contribution is 0.248. The number of hydrogen-bond acceptors (Lipinski definition) is 6. The third-order valence-electron chi connectivity index (χ3n) is 5.49. The average molecular weight is 398 g/mol. The highest BCUT2D eigenvalue weighted by Crippen LogP contribution is 2.22. The lowest BCUT2D eigenvalue weighted by atomic mass is 10.2. The van der Waals surface area contributed by atoms with Crippen molar-refractivity contribution in [1.29, 1.82) is 0 Å². The van der Waals surface area contributed by atoms with Gasteiger partial charge in [-0.2, -0.15) is 4.98 Å². The maximum Gasteiger partial charge on any atom is 0.332 e. The van der Waals surface area contributed by atoms with Gasteiger partial charge in [0.2, 0.25) is 5.95 Å². The van der Waals surface area contributed by atoms with E-state index in [-0.39, 0.29) is 18.2 Å². The fourth-order valence-electron chi connectivity index (χ4n) is 3.89. The molecule has 3 aromatic rings. The molecule has 2 aromatic heterocycles. The van der Waals surface area contributed by atoms with Gasteiger partial charge < -0.3 is 15.3 Å². The Morgan fingerprint density at radius 2 is 1.93 bits per heavy atom. The molecule has 1 saturated heterocycles. The maximum absolute atomic E-state index is 13.0. The number of hydrogen-bond donors (Lipinski definition) is 2. The van der Waals surface area contributed by atoms with Crippen LogP contribution in [-0.4, -0.2) is 56.1 Å². The molecule has 3 heterocycles. The summed E-state index contributed by atoms with van der Waals surface area (Å²) in [5.74, 6) is 0.643. The van der Waals surface area contributed by atoms with Gasteiger partial charge in [0, 0.05) is 33.2 Å². The maximum atomic E-state index is 13.0. The molecule has 0 saturated carbocycles. The van der Waals surface area contributed by atoms with Crippen LogP contribution < -0.4 is 21.5 Å². The van der Waals surface area contributed by atoms with Gasteiger partial charge in [0.1, 0.15) is 0 Å². The van der Waals surface area contributed by atoms with Crippen LogP contribution in [0.15, 0.2) is 39.9 Å². The van der Waals surface area contributed by atoms with Crippen molar-refractivity contribution >= 4 is 17.1 Å². The minimum Gasteiger partial charge on any atom is -0.395 e. The van der Waals surface area contributed by atoms with Crippen molar-refractivity contribution < 1.29 is 5.11 Å². The second-order valence-electron chi connectivity index (χ2n) is 7.49. The molecule has 0 spiro atoms. The largest absolute Gasteiger partial charge is 0.395 e. The topological polar surface area (TPSA) is 97.3 Å². The Labute approximate surface area is 167 Å². The number of benzene rings is 1. The third kappa shape index (κ3) is 3.47. The van der Waals surface area contributed by atoms with Crippen molar-refractivity contribution in [1.82, 2.24) is 24.0 Å². The normalized spacial score (nSPS) is 17.6. The van der Waals surface area contributed by atoms with Crippen molar-refractivity contribution in [2.45, 2.75) is 19.0 Å². The first-order chi connectivity index (χ1) is 14.0. The zero-order valence-corrected chi connectivity index (χ0v) is 16.7. The minimum absolute atomic E-state index is 0.0235. The van der Waals surface area contributed by atoms with E-state index in [4.69, 9.17) is 4.98 Å². The Kier molecular flexibility index (Phi) is 5.25. The zero-order valence-electron chi connectivity index (χ0n) is 16.7. The van der Waals surface area contributed by atoms with Gasteiger partial charge in [-0.15, -0.1) is 0 Å². The van der Waals surface area contributed by atoms with Crippen LogP contribution in [0.1, 0.15) is 12.0 Å². The van der Waals surface area contributed by atoms with E-state index in [9.17, 15) is 14.7 Å². The van der Waals surface area contributed by atoms with Crippen LogP contribution >= 0.6 is 0 Å². The molecule has 154 valence electrons. The summed E-state index contributed by atoms with van der Waals surface area (Å²) in [7, 11) is 3.12. The lowest BCUT2D eigenvalue weighted by Crippen LogP contribution is -2.41. The van der Waals surface area contributed by atoms with E-state index in [0.29, 0.717) is 30.2 Å². The third-order valence-corrected chi connectivity index (χ3v) is 5.49. The SMILES string of the molecule is Cn1c(=O)c2c(nc(N3CCCNC(CO)C3)n2Cc2ccccc2)n(C)c1=O. The fraction of sp³-hybridized carbons (Fsp3) is 0.450. The quantitative estimate of drug-likeness (QED) is 0.623. The van der Waals surface area contributed by atoms with E-state index >= 15 is 0 Å². The molecular weight excluding hydrogens is 372 g/mol. The van der Waals surface area contributed by atoms with Crippen LogP contribution in [0.4, 0.5) is 5.95 Å². The number of aromatic nitrogens is 4. The Hall–Kier alpha value is -2.91. The molecule has 0 bridgehead atoms. The van der Waals surface area contributed by atoms with E-state index in [1.165, 1.54) is 11.6 Å². The van der Waals surface area contributed by atoms with Gasteiger partial charge in [-0.1, -0.05) is 30.3 Å². The van der Waals surface area contributed by atoms with Gasteiger partial charge >= 0.3 is 5.69 Å². The van der Waals surface area contributed by atoms with Gasteiger partial charge in [0.25, 0.3) is 5.56 Å². The predicted octanol–water partition coefficient (Wildman–Crippen LogP) is -0.357. The molecule has 9 nitrogen and oxygen atoms in total. The number of fused-ring (bicyclic) bond motifs is 1. The summed E-state index contributed by atoms with van der Waals surface area (Å²) in [6.45, 7) is 2.61. The number of rotatable bonds is 4. The number of anilines is 1. The number of aliphatic hydroxyl groups excluding tert-OH is 1. The summed E-state index contributed by atoms with van der Waals surface area (Å²) in [5.41, 5.74) is 1.07. The van der Waals surface area contributed by atoms with Crippen LogP contribution in [0.3, 0.4) is 0 Å². The zero-order chi connectivity index (χ0) is 20.5. The smallest absolute Gasteiger partial charge is 0.332 e. The standard InChI is InChI=1S/C20H26N6O3/c1-23-17-16(18(28)24(2)20(23)29)26(11-14-7-4-3-5-8-14)19(22-17)25-10-6-9-21-15(12-25)13-27/h3-5,7-8,15,21,27H,6,9-13H2,1-2H3. The Morgan fingerprint density at radius 3 is 2.66 bits per heavy atom. The van der Waals surface area contributed by atoms with Crippen LogP contribution in [0, 0.1) is 0 Å². The number of nitrogens with zero attached hydrogens (tertiary/aromatic N) is 5. The van der Waals surface area contributed by atoms with Crippen LogP contribution in [-0.2, 0) is 20.6 Å². The second kappa shape index (κ2) is 7.84. The molecule has 9 heteroatoms. The van der Waals surface area contributed by atoms with Gasteiger partial charge in [0.05, 0.1) is 13.2 Å².